The van der Waals surface area contributed by atoms with E-state index in [4.69, 9.17) is 19.3 Å². The van der Waals surface area contributed by atoms with Gasteiger partial charge in [0, 0.05) is 0 Å². The predicted octanol–water partition coefficient (Wildman–Crippen LogP) is 11.8. The molecule has 2 rings (SSSR count). The molecule has 0 amide bonds. The number of ether oxygens (including phenoxy) is 3. The van der Waals surface area contributed by atoms with Gasteiger partial charge in [-0.3, -0.25) is 0 Å². The van der Waals surface area contributed by atoms with E-state index in [0.29, 0.717) is 24.5 Å². The van der Waals surface area contributed by atoms with Crippen molar-refractivity contribution >= 4 is 17.6 Å². The van der Waals surface area contributed by atoms with Crippen molar-refractivity contribution < 1.29 is 24.1 Å². The largest absolute Gasteiger partial charge is 0.490 e. The summed E-state index contributed by atoms with van der Waals surface area (Å²) >= 11 is 0. The number of carboxylic acid groups (broad SMARTS) is 1. The van der Waals surface area contributed by atoms with Gasteiger partial charge in [-0.15, -0.1) is 0 Å². The number of benzene rings is 2. The van der Waals surface area contributed by atoms with Crippen LogP contribution in [-0.2, 0) is 4.79 Å². The Bertz CT molecular complexity index is 1170. The molecule has 0 unspecified atom stereocenters. The number of rotatable bonds is 29. The van der Waals surface area contributed by atoms with Gasteiger partial charge in [-0.05, 0) is 66.4 Å². The van der Waals surface area contributed by atoms with E-state index in [0.717, 1.165) is 41.9 Å². The molecule has 2 aromatic carbocycles. The Morgan fingerprint density at radius 1 is 0.638 bits per heavy atom. The molecule has 0 saturated heterocycles. The second-order valence-corrected chi connectivity index (χ2v) is 12.6. The zero-order valence-corrected chi connectivity index (χ0v) is 29.4. The van der Waals surface area contributed by atoms with E-state index in [1.807, 2.05) is 24.3 Å². The Labute approximate surface area is 285 Å². The van der Waals surface area contributed by atoms with E-state index in [9.17, 15) is 10.1 Å². The minimum Gasteiger partial charge on any atom is -0.490 e. The Balaban J connectivity index is 1.93. The summed E-state index contributed by atoms with van der Waals surface area (Å²) in [4.78, 5) is 10.8. The van der Waals surface area contributed by atoms with Crippen molar-refractivity contribution in [2.24, 2.45) is 0 Å². The molecule has 0 aliphatic rings. The first-order valence-electron chi connectivity index (χ1n) is 18.5. The molecule has 0 radical (unpaired) electrons. The molecule has 1 N–H and O–H groups in total. The maximum absolute atomic E-state index is 10.8. The summed E-state index contributed by atoms with van der Waals surface area (Å²) in [5.41, 5.74) is 2.08. The summed E-state index contributed by atoms with van der Waals surface area (Å²) in [5, 5.41) is 18.7. The van der Waals surface area contributed by atoms with Crippen molar-refractivity contribution in [2.75, 3.05) is 19.8 Å². The van der Waals surface area contributed by atoms with Gasteiger partial charge in [-0.2, -0.15) is 5.26 Å². The maximum atomic E-state index is 10.8. The van der Waals surface area contributed by atoms with Crippen LogP contribution < -0.4 is 14.2 Å². The first kappa shape index (κ1) is 39.7. The van der Waals surface area contributed by atoms with E-state index < -0.39 is 12.6 Å². The van der Waals surface area contributed by atoms with E-state index in [1.165, 1.54) is 109 Å². The number of nitrogens with zero attached hydrogens (tertiary/aromatic N) is 1. The Morgan fingerprint density at radius 3 is 1.57 bits per heavy atom. The third-order valence-electron chi connectivity index (χ3n) is 8.44. The minimum absolute atomic E-state index is 0.407. The molecule has 6 heteroatoms. The molecular formula is C41H61NO5. The van der Waals surface area contributed by atoms with Crippen LogP contribution in [0.15, 0.2) is 42.5 Å². The number of nitriles is 1. The summed E-state index contributed by atoms with van der Waals surface area (Å²) in [5.74, 6) is 0.883. The lowest BCUT2D eigenvalue weighted by Gasteiger charge is -2.14. The summed E-state index contributed by atoms with van der Waals surface area (Å²) in [7, 11) is 0. The van der Waals surface area contributed by atoms with Crippen molar-refractivity contribution in [3.05, 3.63) is 53.6 Å². The van der Waals surface area contributed by atoms with Crippen LogP contribution in [0.25, 0.3) is 11.6 Å². The lowest BCUT2D eigenvalue weighted by molar-refractivity contribution is -0.139. The Morgan fingerprint density at radius 2 is 1.11 bits per heavy atom. The second-order valence-electron chi connectivity index (χ2n) is 12.6. The highest BCUT2D eigenvalue weighted by Crippen LogP contribution is 2.31. The average Bonchev–Trinajstić information content (AvgIpc) is 3.08. The van der Waals surface area contributed by atoms with Gasteiger partial charge in [0.05, 0.1) is 24.9 Å². The molecule has 6 nitrogen and oxygen atoms in total. The number of unbranched alkanes of at least 4 members (excludes halogenated alkanes) is 18. The van der Waals surface area contributed by atoms with Gasteiger partial charge in [0.15, 0.2) is 18.1 Å². The smallest absolute Gasteiger partial charge is 0.341 e. The van der Waals surface area contributed by atoms with Crippen LogP contribution >= 0.6 is 0 Å². The summed E-state index contributed by atoms with van der Waals surface area (Å²) < 4.78 is 17.7. The molecule has 2 aromatic rings. The molecule has 0 atom stereocenters. The van der Waals surface area contributed by atoms with Gasteiger partial charge in [-0.25, -0.2) is 4.79 Å². The Hall–Kier alpha value is -3.46. The molecule has 47 heavy (non-hydrogen) atoms. The highest BCUT2D eigenvalue weighted by molar-refractivity contribution is 5.90. The SMILES string of the molecule is CCCCCCCCCCCCOc1ccc(C=C(C#N)c2ccc(OCC(=O)O)cc2)cc1OCCCCCCCCCCCC. The minimum atomic E-state index is -1.03. The third kappa shape index (κ3) is 19.1. The zero-order valence-electron chi connectivity index (χ0n) is 29.4. The van der Waals surface area contributed by atoms with Crippen molar-refractivity contribution in [1.82, 2.24) is 0 Å². The number of aliphatic carboxylic acids is 1. The average molecular weight is 648 g/mol. The predicted molar refractivity (Wildman–Crippen MR) is 194 cm³/mol. The topological polar surface area (TPSA) is 88.8 Å². The summed E-state index contributed by atoms with van der Waals surface area (Å²) in [6.07, 6.45) is 27.5. The van der Waals surface area contributed by atoms with Gasteiger partial charge >= 0.3 is 5.97 Å². The van der Waals surface area contributed by atoms with Crippen LogP contribution in [0.5, 0.6) is 17.2 Å². The molecule has 0 aromatic heterocycles. The van der Waals surface area contributed by atoms with Crippen molar-refractivity contribution in [2.45, 2.75) is 142 Å². The van der Waals surface area contributed by atoms with Gasteiger partial charge in [0.1, 0.15) is 5.75 Å². The standard InChI is InChI=1S/C41H61NO5/c1-3-5-7-9-11-13-15-17-19-21-29-45-39-28-23-35(31-37(33-42)36-24-26-38(27-25-36)47-34-41(43)44)32-40(39)46-30-22-20-18-16-14-12-10-8-6-4-2/h23-28,31-32H,3-22,29-30,34H2,1-2H3,(H,43,44). The molecule has 0 heterocycles. The highest BCUT2D eigenvalue weighted by atomic mass is 16.5. The molecule has 0 aliphatic heterocycles. The first-order chi connectivity index (χ1) is 23.1. The highest BCUT2D eigenvalue weighted by Gasteiger charge is 2.09. The quantitative estimate of drug-likeness (QED) is 0.0537. The van der Waals surface area contributed by atoms with Gasteiger partial charge in [0.2, 0.25) is 0 Å². The number of hydrogen-bond donors (Lipinski definition) is 1. The fourth-order valence-electron chi connectivity index (χ4n) is 5.61. The van der Waals surface area contributed by atoms with Crippen molar-refractivity contribution in [3.8, 4) is 23.3 Å². The van der Waals surface area contributed by atoms with Crippen molar-refractivity contribution in [3.63, 3.8) is 0 Å². The van der Waals surface area contributed by atoms with Crippen LogP contribution in [-0.4, -0.2) is 30.9 Å². The van der Waals surface area contributed by atoms with E-state index in [1.54, 1.807) is 24.3 Å². The Kier molecular flexibility index (Phi) is 22.5. The molecule has 0 spiro atoms. The summed E-state index contributed by atoms with van der Waals surface area (Å²) in [6.45, 7) is 5.42. The normalized spacial score (nSPS) is 11.3. The first-order valence-corrected chi connectivity index (χ1v) is 18.5. The summed E-state index contributed by atoms with van der Waals surface area (Å²) in [6, 6.07) is 15.0. The third-order valence-corrected chi connectivity index (χ3v) is 8.44. The maximum Gasteiger partial charge on any atom is 0.341 e. The van der Waals surface area contributed by atoms with E-state index in [-0.39, 0.29) is 0 Å². The monoisotopic (exact) mass is 647 g/mol. The lowest BCUT2D eigenvalue weighted by atomic mass is 10.0. The molecule has 260 valence electrons. The van der Waals surface area contributed by atoms with E-state index >= 15 is 0 Å². The zero-order chi connectivity index (χ0) is 33.8. The number of allylic oxidation sites excluding steroid dienone is 1. The fraction of sp³-hybridized carbons (Fsp3) is 0.610. The van der Waals surface area contributed by atoms with Crippen LogP contribution in [0, 0.1) is 11.3 Å². The van der Waals surface area contributed by atoms with E-state index in [2.05, 4.69) is 19.9 Å². The number of carboxylic acids is 1. The van der Waals surface area contributed by atoms with Crippen LogP contribution in [0.3, 0.4) is 0 Å². The van der Waals surface area contributed by atoms with Crippen LogP contribution in [0.1, 0.15) is 153 Å². The lowest BCUT2D eigenvalue weighted by Crippen LogP contribution is -2.09. The van der Waals surface area contributed by atoms with Crippen LogP contribution in [0.4, 0.5) is 0 Å². The van der Waals surface area contributed by atoms with Crippen molar-refractivity contribution in [1.29, 1.82) is 5.26 Å². The van der Waals surface area contributed by atoms with Gasteiger partial charge in [0.25, 0.3) is 0 Å². The number of carbonyl (C=O) groups is 1. The molecule has 0 bridgehead atoms. The second kappa shape index (κ2) is 26.6. The fourth-order valence-corrected chi connectivity index (χ4v) is 5.61. The molecule has 0 fully saturated rings. The molecular weight excluding hydrogens is 586 g/mol. The van der Waals surface area contributed by atoms with Crippen LogP contribution in [0.2, 0.25) is 0 Å². The van der Waals surface area contributed by atoms with Gasteiger partial charge < -0.3 is 19.3 Å². The number of hydrogen-bond acceptors (Lipinski definition) is 5. The molecule has 0 aliphatic carbocycles. The molecule has 0 saturated carbocycles. The van der Waals surface area contributed by atoms with Gasteiger partial charge in [-0.1, -0.05) is 135 Å².